The molecule has 0 bridgehead atoms. The molecule has 0 atom stereocenters. The lowest BCUT2D eigenvalue weighted by Crippen LogP contribution is -2.35. The maximum absolute atomic E-state index is 12.9. The predicted molar refractivity (Wildman–Crippen MR) is 116 cm³/mol. The number of halogens is 1. The molecule has 1 aliphatic heterocycles. The number of carbonyl (C=O) groups is 1. The number of hydrogen-bond acceptors (Lipinski definition) is 6. The molecular formula is C20H20ClN3O2S2. The Bertz CT molecular complexity index is 955. The first kappa shape index (κ1) is 19.2. The van der Waals surface area contributed by atoms with Crippen molar-refractivity contribution in [1.29, 1.82) is 0 Å². The SMILES string of the molecule is COc1ccc(N2CCCN(C(=O)c3csc(-c4ccc(Cl)s4)n3)CC2)cc1. The summed E-state index contributed by atoms with van der Waals surface area (Å²) in [5.74, 6) is 0.850. The molecule has 8 heteroatoms. The fourth-order valence-corrected chi connectivity index (χ4v) is 5.16. The molecule has 1 amide bonds. The molecule has 28 heavy (non-hydrogen) atoms. The van der Waals surface area contributed by atoms with E-state index in [1.165, 1.54) is 22.7 Å². The van der Waals surface area contributed by atoms with Crippen molar-refractivity contribution in [2.45, 2.75) is 6.42 Å². The van der Waals surface area contributed by atoms with Gasteiger partial charge in [-0.25, -0.2) is 4.98 Å². The van der Waals surface area contributed by atoms with Crippen LogP contribution < -0.4 is 9.64 Å². The lowest BCUT2D eigenvalue weighted by molar-refractivity contribution is 0.0762. The van der Waals surface area contributed by atoms with Crippen LogP contribution >= 0.6 is 34.3 Å². The third-order valence-corrected chi connectivity index (χ3v) is 6.97. The molecule has 0 saturated carbocycles. The van der Waals surface area contributed by atoms with Crippen molar-refractivity contribution >= 4 is 45.9 Å². The van der Waals surface area contributed by atoms with Crippen LogP contribution in [0.3, 0.4) is 0 Å². The lowest BCUT2D eigenvalue weighted by atomic mass is 10.2. The van der Waals surface area contributed by atoms with Gasteiger partial charge in [0.1, 0.15) is 16.5 Å². The zero-order valence-corrected chi connectivity index (χ0v) is 17.8. The normalized spacial score (nSPS) is 14.8. The van der Waals surface area contributed by atoms with Gasteiger partial charge in [-0.2, -0.15) is 0 Å². The molecule has 0 N–H and O–H groups in total. The average Bonchev–Trinajstić information content (AvgIpc) is 3.30. The number of thiophene rings is 1. The third kappa shape index (κ3) is 4.16. The quantitative estimate of drug-likeness (QED) is 0.587. The van der Waals surface area contributed by atoms with Crippen LogP contribution in [0.25, 0.3) is 9.88 Å². The molecular weight excluding hydrogens is 414 g/mol. The molecule has 0 radical (unpaired) electrons. The van der Waals surface area contributed by atoms with E-state index in [4.69, 9.17) is 16.3 Å². The summed E-state index contributed by atoms with van der Waals surface area (Å²) >= 11 is 8.97. The molecule has 0 aliphatic carbocycles. The Hall–Kier alpha value is -2.09. The van der Waals surface area contributed by atoms with Crippen LogP contribution in [0, 0.1) is 0 Å². The van der Waals surface area contributed by atoms with E-state index in [0.717, 1.165) is 51.7 Å². The number of amides is 1. The number of thiazole rings is 1. The fraction of sp³-hybridized carbons (Fsp3) is 0.300. The molecule has 4 rings (SSSR count). The summed E-state index contributed by atoms with van der Waals surface area (Å²) < 4.78 is 5.96. The minimum absolute atomic E-state index is 0.00161. The Kier molecular flexibility index (Phi) is 5.85. The van der Waals surface area contributed by atoms with Gasteiger partial charge in [0.2, 0.25) is 0 Å². The maximum atomic E-state index is 12.9. The number of carbonyl (C=O) groups excluding carboxylic acids is 1. The first-order chi connectivity index (χ1) is 13.6. The van der Waals surface area contributed by atoms with Gasteiger partial charge in [0.25, 0.3) is 5.91 Å². The lowest BCUT2D eigenvalue weighted by Gasteiger charge is -2.23. The fourth-order valence-electron chi connectivity index (χ4n) is 3.25. The Balaban J connectivity index is 1.42. The standard InChI is InChI=1S/C20H20ClN3O2S2/c1-26-15-5-3-14(4-6-15)23-9-2-10-24(12-11-23)20(25)16-13-27-19(22-16)17-7-8-18(21)28-17/h3-8,13H,2,9-12H2,1H3. The Morgan fingerprint density at radius 2 is 1.93 bits per heavy atom. The molecule has 3 aromatic rings. The predicted octanol–water partition coefficient (Wildman–Crippen LogP) is 4.89. The van der Waals surface area contributed by atoms with E-state index < -0.39 is 0 Å². The van der Waals surface area contributed by atoms with Gasteiger partial charge >= 0.3 is 0 Å². The second kappa shape index (κ2) is 8.51. The summed E-state index contributed by atoms with van der Waals surface area (Å²) in [4.78, 5) is 22.7. The minimum Gasteiger partial charge on any atom is -0.497 e. The number of anilines is 1. The molecule has 0 spiro atoms. The number of ether oxygens (including phenoxy) is 1. The summed E-state index contributed by atoms with van der Waals surface area (Å²) in [6, 6.07) is 11.9. The van der Waals surface area contributed by atoms with E-state index in [-0.39, 0.29) is 5.91 Å². The highest BCUT2D eigenvalue weighted by Crippen LogP contribution is 2.33. The molecule has 5 nitrogen and oxygen atoms in total. The van der Waals surface area contributed by atoms with E-state index in [9.17, 15) is 4.79 Å². The largest absolute Gasteiger partial charge is 0.497 e. The van der Waals surface area contributed by atoms with Gasteiger partial charge < -0.3 is 14.5 Å². The van der Waals surface area contributed by atoms with E-state index in [1.54, 1.807) is 7.11 Å². The molecule has 1 saturated heterocycles. The molecule has 146 valence electrons. The van der Waals surface area contributed by atoms with E-state index >= 15 is 0 Å². The molecule has 1 aliphatic rings. The van der Waals surface area contributed by atoms with Crippen LogP contribution in [0.1, 0.15) is 16.9 Å². The highest BCUT2D eigenvalue weighted by atomic mass is 35.5. The van der Waals surface area contributed by atoms with Crippen molar-refractivity contribution < 1.29 is 9.53 Å². The van der Waals surface area contributed by atoms with Crippen molar-refractivity contribution in [3.8, 4) is 15.6 Å². The van der Waals surface area contributed by atoms with Gasteiger partial charge in [-0.05, 0) is 42.8 Å². The Labute approximate surface area is 177 Å². The zero-order chi connectivity index (χ0) is 19.5. The Morgan fingerprint density at radius 1 is 1.11 bits per heavy atom. The van der Waals surface area contributed by atoms with Crippen LogP contribution in [0.2, 0.25) is 4.34 Å². The van der Waals surface area contributed by atoms with Gasteiger partial charge in [0.15, 0.2) is 0 Å². The molecule has 0 unspecified atom stereocenters. The van der Waals surface area contributed by atoms with Crippen molar-refractivity contribution in [2.24, 2.45) is 0 Å². The molecule has 1 fully saturated rings. The van der Waals surface area contributed by atoms with Gasteiger partial charge in [-0.1, -0.05) is 11.6 Å². The van der Waals surface area contributed by atoms with Crippen LogP contribution in [0.5, 0.6) is 5.75 Å². The minimum atomic E-state index is 0.00161. The first-order valence-corrected chi connectivity index (χ1v) is 11.1. The smallest absolute Gasteiger partial charge is 0.273 e. The van der Waals surface area contributed by atoms with Crippen LogP contribution in [-0.2, 0) is 0 Å². The highest BCUT2D eigenvalue weighted by molar-refractivity contribution is 7.23. The topological polar surface area (TPSA) is 45.7 Å². The van der Waals surface area contributed by atoms with Crippen molar-refractivity contribution in [3.05, 3.63) is 51.8 Å². The van der Waals surface area contributed by atoms with Crippen molar-refractivity contribution in [3.63, 3.8) is 0 Å². The van der Waals surface area contributed by atoms with Gasteiger partial charge in [0.05, 0.1) is 16.3 Å². The molecule has 3 heterocycles. The first-order valence-electron chi connectivity index (χ1n) is 9.03. The second-order valence-electron chi connectivity index (χ2n) is 6.47. The summed E-state index contributed by atoms with van der Waals surface area (Å²) in [7, 11) is 1.67. The second-order valence-corrected chi connectivity index (χ2v) is 9.05. The molecule has 2 aromatic heterocycles. The monoisotopic (exact) mass is 433 g/mol. The Morgan fingerprint density at radius 3 is 2.64 bits per heavy atom. The van der Waals surface area contributed by atoms with Crippen LogP contribution in [-0.4, -0.2) is 49.1 Å². The van der Waals surface area contributed by atoms with Crippen LogP contribution in [0.4, 0.5) is 5.69 Å². The summed E-state index contributed by atoms with van der Waals surface area (Å²) in [6.45, 7) is 3.15. The van der Waals surface area contributed by atoms with E-state index in [1.807, 2.05) is 34.5 Å². The average molecular weight is 434 g/mol. The third-order valence-electron chi connectivity index (χ3n) is 4.73. The maximum Gasteiger partial charge on any atom is 0.273 e. The highest BCUT2D eigenvalue weighted by Gasteiger charge is 2.23. The van der Waals surface area contributed by atoms with E-state index in [0.29, 0.717) is 12.2 Å². The molecule has 1 aromatic carbocycles. The number of aromatic nitrogens is 1. The zero-order valence-electron chi connectivity index (χ0n) is 15.4. The summed E-state index contributed by atoms with van der Waals surface area (Å²) in [5.41, 5.74) is 1.67. The summed E-state index contributed by atoms with van der Waals surface area (Å²) in [6.07, 6.45) is 0.926. The number of rotatable bonds is 4. The van der Waals surface area contributed by atoms with Gasteiger partial charge in [-0.15, -0.1) is 22.7 Å². The number of hydrogen-bond donors (Lipinski definition) is 0. The number of benzene rings is 1. The van der Waals surface area contributed by atoms with E-state index in [2.05, 4.69) is 22.0 Å². The van der Waals surface area contributed by atoms with Gasteiger partial charge in [-0.3, -0.25) is 4.79 Å². The van der Waals surface area contributed by atoms with Gasteiger partial charge in [0, 0.05) is 37.2 Å². The van der Waals surface area contributed by atoms with Crippen LogP contribution in [0.15, 0.2) is 41.8 Å². The van der Waals surface area contributed by atoms with Crippen molar-refractivity contribution in [2.75, 3.05) is 38.2 Å². The number of methoxy groups -OCH3 is 1. The van der Waals surface area contributed by atoms with Crippen molar-refractivity contribution in [1.82, 2.24) is 9.88 Å². The summed E-state index contributed by atoms with van der Waals surface area (Å²) in [5, 5.41) is 2.69. The number of nitrogens with zero attached hydrogens (tertiary/aromatic N) is 3.